The lowest BCUT2D eigenvalue weighted by atomic mass is 10.1. The first-order valence-corrected chi connectivity index (χ1v) is 9.14. The number of amides is 2. The molecular formula is C21H20N4O2. The van der Waals surface area contributed by atoms with Crippen LogP contribution in [0.5, 0.6) is 0 Å². The van der Waals surface area contributed by atoms with Crippen molar-refractivity contribution in [3.8, 4) is 0 Å². The zero-order valence-electron chi connectivity index (χ0n) is 14.9. The average molecular weight is 360 g/mol. The second-order valence-corrected chi connectivity index (χ2v) is 6.60. The molecule has 6 nitrogen and oxygen atoms in total. The summed E-state index contributed by atoms with van der Waals surface area (Å²) in [5.41, 5.74) is 1.85. The Kier molecular flexibility index (Phi) is 4.78. The van der Waals surface area contributed by atoms with Gasteiger partial charge in [-0.1, -0.05) is 24.3 Å². The van der Waals surface area contributed by atoms with Gasteiger partial charge >= 0.3 is 0 Å². The fourth-order valence-electron chi connectivity index (χ4n) is 3.33. The van der Waals surface area contributed by atoms with Crippen LogP contribution in [0.15, 0.2) is 54.7 Å². The van der Waals surface area contributed by atoms with Gasteiger partial charge in [0.2, 0.25) is 0 Å². The Labute approximate surface area is 157 Å². The van der Waals surface area contributed by atoms with Crippen molar-refractivity contribution in [3.05, 3.63) is 66.1 Å². The lowest BCUT2D eigenvalue weighted by molar-refractivity contribution is 0.0718. The number of para-hydroxylation sites is 1. The van der Waals surface area contributed by atoms with Gasteiger partial charge in [-0.25, -0.2) is 4.98 Å². The van der Waals surface area contributed by atoms with Gasteiger partial charge in [-0.15, -0.1) is 0 Å². The van der Waals surface area contributed by atoms with Crippen molar-refractivity contribution in [1.82, 2.24) is 14.9 Å². The highest BCUT2D eigenvalue weighted by atomic mass is 16.2. The lowest BCUT2D eigenvalue weighted by Crippen LogP contribution is -2.36. The Morgan fingerprint density at radius 2 is 1.63 bits per heavy atom. The molecule has 0 aliphatic carbocycles. The highest BCUT2D eigenvalue weighted by molar-refractivity contribution is 6.07. The fraction of sp³-hybridized carbons (Fsp3) is 0.238. The first kappa shape index (κ1) is 17.1. The predicted molar refractivity (Wildman–Crippen MR) is 104 cm³/mol. The van der Waals surface area contributed by atoms with E-state index in [-0.39, 0.29) is 17.5 Å². The number of anilines is 1. The first-order valence-electron chi connectivity index (χ1n) is 9.14. The van der Waals surface area contributed by atoms with Crippen LogP contribution in [0.3, 0.4) is 0 Å². The summed E-state index contributed by atoms with van der Waals surface area (Å²) in [6, 6.07) is 14.4. The van der Waals surface area contributed by atoms with Gasteiger partial charge in [0.1, 0.15) is 11.4 Å². The van der Waals surface area contributed by atoms with E-state index in [1.165, 1.54) is 0 Å². The molecule has 4 rings (SSSR count). The number of nitrogens with zero attached hydrogens (tertiary/aromatic N) is 3. The molecule has 0 saturated carbocycles. The minimum absolute atomic E-state index is 0.115. The Bertz CT molecular complexity index is 991. The Hall–Kier alpha value is -3.28. The summed E-state index contributed by atoms with van der Waals surface area (Å²) in [7, 11) is 0. The van der Waals surface area contributed by atoms with Crippen LogP contribution in [0.2, 0.25) is 0 Å². The number of hydrogen-bond donors (Lipinski definition) is 1. The van der Waals surface area contributed by atoms with Gasteiger partial charge in [0.25, 0.3) is 11.8 Å². The molecule has 1 aromatic carbocycles. The molecule has 0 unspecified atom stereocenters. The normalized spacial score (nSPS) is 14.1. The number of benzene rings is 1. The molecule has 136 valence electrons. The van der Waals surface area contributed by atoms with Crippen LogP contribution < -0.4 is 5.32 Å². The largest absolute Gasteiger partial charge is 0.337 e. The Morgan fingerprint density at radius 1 is 0.889 bits per heavy atom. The van der Waals surface area contributed by atoms with Gasteiger partial charge in [-0.2, -0.15) is 0 Å². The molecule has 2 aromatic heterocycles. The molecule has 3 aromatic rings. The van der Waals surface area contributed by atoms with E-state index in [4.69, 9.17) is 0 Å². The molecule has 0 spiro atoms. The van der Waals surface area contributed by atoms with Gasteiger partial charge in [0.15, 0.2) is 0 Å². The number of carbonyl (C=O) groups excluding carboxylic acids is 2. The number of pyridine rings is 2. The van der Waals surface area contributed by atoms with Crippen molar-refractivity contribution in [3.63, 3.8) is 0 Å². The van der Waals surface area contributed by atoms with Crippen LogP contribution in [0.1, 0.15) is 40.2 Å². The smallest absolute Gasteiger partial charge is 0.274 e. The second-order valence-electron chi connectivity index (χ2n) is 6.60. The molecule has 0 radical (unpaired) electrons. The summed E-state index contributed by atoms with van der Waals surface area (Å²) in [5, 5.41) is 3.80. The highest BCUT2D eigenvalue weighted by Gasteiger charge is 2.20. The number of carbonyl (C=O) groups is 2. The SMILES string of the molecule is O=C(Nc1cccc2cccnc12)c1cccc(C(=O)N2CCCCC2)n1. The van der Waals surface area contributed by atoms with Crippen molar-refractivity contribution >= 4 is 28.4 Å². The van der Waals surface area contributed by atoms with E-state index in [1.807, 2.05) is 29.2 Å². The predicted octanol–water partition coefficient (Wildman–Crippen LogP) is 3.51. The Morgan fingerprint density at radius 3 is 2.48 bits per heavy atom. The summed E-state index contributed by atoms with van der Waals surface area (Å²) < 4.78 is 0. The zero-order chi connectivity index (χ0) is 18.6. The number of likely N-dealkylation sites (tertiary alicyclic amines) is 1. The van der Waals surface area contributed by atoms with Gasteiger partial charge in [-0.3, -0.25) is 14.6 Å². The summed E-state index contributed by atoms with van der Waals surface area (Å²) >= 11 is 0. The van der Waals surface area contributed by atoms with Gasteiger partial charge < -0.3 is 10.2 Å². The van der Waals surface area contributed by atoms with Crippen LogP contribution in [0.4, 0.5) is 5.69 Å². The van der Waals surface area contributed by atoms with Crippen LogP contribution in [-0.4, -0.2) is 39.8 Å². The van der Waals surface area contributed by atoms with Crippen LogP contribution >= 0.6 is 0 Å². The maximum absolute atomic E-state index is 12.7. The number of piperidine rings is 1. The van der Waals surface area contributed by atoms with Crippen molar-refractivity contribution in [2.45, 2.75) is 19.3 Å². The summed E-state index contributed by atoms with van der Waals surface area (Å²) in [4.78, 5) is 35.8. The summed E-state index contributed by atoms with van der Waals surface area (Å²) in [5.74, 6) is -0.474. The third kappa shape index (κ3) is 3.65. The molecule has 27 heavy (non-hydrogen) atoms. The van der Waals surface area contributed by atoms with Crippen molar-refractivity contribution < 1.29 is 9.59 Å². The monoisotopic (exact) mass is 360 g/mol. The molecule has 1 N–H and O–H groups in total. The van der Waals surface area contributed by atoms with E-state index >= 15 is 0 Å². The van der Waals surface area contributed by atoms with E-state index in [1.54, 1.807) is 30.5 Å². The van der Waals surface area contributed by atoms with Crippen LogP contribution in [-0.2, 0) is 0 Å². The molecule has 0 bridgehead atoms. The second kappa shape index (κ2) is 7.53. The molecule has 6 heteroatoms. The topological polar surface area (TPSA) is 75.2 Å². The maximum atomic E-state index is 12.7. The van der Waals surface area contributed by atoms with Gasteiger partial charge in [-0.05, 0) is 43.5 Å². The van der Waals surface area contributed by atoms with E-state index < -0.39 is 0 Å². The van der Waals surface area contributed by atoms with Gasteiger partial charge in [0.05, 0.1) is 11.2 Å². The fourth-order valence-corrected chi connectivity index (χ4v) is 3.33. The summed E-state index contributed by atoms with van der Waals surface area (Å²) in [6.07, 6.45) is 4.87. The number of aromatic nitrogens is 2. The number of hydrogen-bond acceptors (Lipinski definition) is 4. The molecule has 1 aliphatic heterocycles. The lowest BCUT2D eigenvalue weighted by Gasteiger charge is -2.26. The highest BCUT2D eigenvalue weighted by Crippen LogP contribution is 2.21. The molecule has 1 saturated heterocycles. The third-order valence-corrected chi connectivity index (χ3v) is 4.73. The molecule has 1 fully saturated rings. The molecular weight excluding hydrogens is 340 g/mol. The maximum Gasteiger partial charge on any atom is 0.274 e. The molecule has 2 amide bonds. The van der Waals surface area contributed by atoms with Crippen molar-refractivity contribution in [1.29, 1.82) is 0 Å². The van der Waals surface area contributed by atoms with Crippen LogP contribution in [0.25, 0.3) is 10.9 Å². The van der Waals surface area contributed by atoms with Crippen molar-refractivity contribution in [2.24, 2.45) is 0 Å². The molecule has 1 aliphatic rings. The first-order chi connectivity index (χ1) is 13.2. The van der Waals surface area contributed by atoms with E-state index in [0.717, 1.165) is 37.7 Å². The van der Waals surface area contributed by atoms with Gasteiger partial charge in [0, 0.05) is 24.7 Å². The Balaban J connectivity index is 1.56. The van der Waals surface area contributed by atoms with E-state index in [2.05, 4.69) is 15.3 Å². The zero-order valence-corrected chi connectivity index (χ0v) is 14.9. The van der Waals surface area contributed by atoms with Crippen LogP contribution in [0, 0.1) is 0 Å². The number of fused-ring (bicyclic) bond motifs is 1. The quantitative estimate of drug-likeness (QED) is 0.776. The molecule has 3 heterocycles. The minimum Gasteiger partial charge on any atom is -0.337 e. The summed E-state index contributed by atoms with van der Waals surface area (Å²) in [6.45, 7) is 1.50. The van der Waals surface area contributed by atoms with Crippen molar-refractivity contribution in [2.75, 3.05) is 18.4 Å². The van der Waals surface area contributed by atoms with E-state index in [9.17, 15) is 9.59 Å². The standard InChI is InChI=1S/C21H20N4O2/c26-20(24-16-9-4-7-15-8-6-12-22-19(15)16)17-10-5-11-18(23-17)21(27)25-13-2-1-3-14-25/h4-12H,1-3,13-14H2,(H,24,26). The third-order valence-electron chi connectivity index (χ3n) is 4.73. The minimum atomic E-state index is -0.360. The average Bonchev–Trinajstić information content (AvgIpc) is 2.74. The molecule has 0 atom stereocenters. The van der Waals surface area contributed by atoms with E-state index in [0.29, 0.717) is 16.9 Å². The number of nitrogens with one attached hydrogen (secondary N) is 1. The number of rotatable bonds is 3.